The van der Waals surface area contributed by atoms with Crippen LogP contribution in [0, 0.1) is 0 Å². The van der Waals surface area contributed by atoms with E-state index in [1.807, 2.05) is 0 Å². The van der Waals surface area contributed by atoms with Crippen molar-refractivity contribution in [3.63, 3.8) is 0 Å². The summed E-state index contributed by atoms with van der Waals surface area (Å²) >= 11 is 0. The summed E-state index contributed by atoms with van der Waals surface area (Å²) in [5, 5.41) is 8.47. The van der Waals surface area contributed by atoms with E-state index in [9.17, 15) is 18.1 Å². The van der Waals surface area contributed by atoms with Crippen molar-refractivity contribution in [1.82, 2.24) is 0 Å². The van der Waals surface area contributed by atoms with Crippen LogP contribution >= 0.6 is 0 Å². The third-order valence-electron chi connectivity index (χ3n) is 1.15. The highest BCUT2D eigenvalue weighted by Gasteiger charge is 2.48. The quantitative estimate of drug-likeness (QED) is 0.685. The van der Waals surface area contributed by atoms with Crippen molar-refractivity contribution in [2.75, 3.05) is 0 Å². The van der Waals surface area contributed by atoms with Gasteiger partial charge in [-0.15, -0.1) is 0 Å². The van der Waals surface area contributed by atoms with E-state index >= 15 is 0 Å². The number of hydrogen-bond donors (Lipinski definition) is 1. The van der Waals surface area contributed by atoms with Crippen molar-refractivity contribution in [1.29, 1.82) is 0 Å². The molecular weight excluding hydrogens is 165 g/mol. The van der Waals surface area contributed by atoms with E-state index in [0.717, 1.165) is 0 Å². The molecule has 6 heteroatoms. The summed E-state index contributed by atoms with van der Waals surface area (Å²) in [6, 6.07) is 0. The predicted molar refractivity (Wildman–Crippen MR) is 28.4 cm³/mol. The Labute approximate surface area is 60.7 Å². The summed E-state index contributed by atoms with van der Waals surface area (Å²) < 4.78 is 35.4. The standard InChI is InChI=1S/C5H7F3O3/c1-2-3(9)5(6,7)4(10)11-8/h3,9H,2H2,1H3. The minimum atomic E-state index is -4.16. The van der Waals surface area contributed by atoms with E-state index in [0.29, 0.717) is 0 Å². The monoisotopic (exact) mass is 172 g/mol. The lowest BCUT2D eigenvalue weighted by Gasteiger charge is -2.16. The molecule has 66 valence electrons. The van der Waals surface area contributed by atoms with Gasteiger partial charge in [0.2, 0.25) is 0 Å². The fourth-order valence-corrected chi connectivity index (χ4v) is 0.444. The number of aliphatic hydroxyl groups excluding tert-OH is 1. The maximum atomic E-state index is 12.2. The molecule has 0 heterocycles. The van der Waals surface area contributed by atoms with E-state index in [4.69, 9.17) is 5.11 Å². The molecule has 1 atom stereocenters. The van der Waals surface area contributed by atoms with Gasteiger partial charge in [-0.25, -0.2) is 9.74 Å². The normalized spacial score (nSPS) is 14.3. The van der Waals surface area contributed by atoms with Crippen LogP contribution in [0.3, 0.4) is 0 Å². The Bertz CT molecular complexity index is 148. The summed E-state index contributed by atoms with van der Waals surface area (Å²) in [7, 11) is 0. The molecule has 0 rings (SSSR count). The maximum Gasteiger partial charge on any atom is 0.420 e. The van der Waals surface area contributed by atoms with Crippen LogP contribution < -0.4 is 0 Å². The van der Waals surface area contributed by atoms with Gasteiger partial charge in [0, 0.05) is 4.53 Å². The van der Waals surface area contributed by atoms with E-state index in [1.54, 1.807) is 0 Å². The Kier molecular flexibility index (Phi) is 3.31. The summed E-state index contributed by atoms with van der Waals surface area (Å²) in [6.07, 6.45) is -2.56. The highest BCUT2D eigenvalue weighted by atomic mass is 19.3. The minimum absolute atomic E-state index is 0.359. The van der Waals surface area contributed by atoms with Gasteiger partial charge in [-0.2, -0.15) is 8.78 Å². The second-order valence-corrected chi connectivity index (χ2v) is 1.91. The second kappa shape index (κ2) is 3.56. The van der Waals surface area contributed by atoms with Gasteiger partial charge in [-0.05, 0) is 6.42 Å². The third kappa shape index (κ3) is 2.07. The van der Waals surface area contributed by atoms with E-state index in [2.05, 4.69) is 4.94 Å². The van der Waals surface area contributed by atoms with Gasteiger partial charge in [-0.3, -0.25) is 0 Å². The summed E-state index contributed by atoms with van der Waals surface area (Å²) in [5.74, 6) is -6.53. The highest BCUT2D eigenvalue weighted by molar-refractivity contribution is 5.77. The van der Waals surface area contributed by atoms with Crippen LogP contribution in [-0.2, 0) is 9.74 Å². The highest BCUT2D eigenvalue weighted by Crippen LogP contribution is 2.22. The molecule has 3 nitrogen and oxygen atoms in total. The number of carbonyl (C=O) groups excluding carboxylic acids is 1. The van der Waals surface area contributed by atoms with Crippen molar-refractivity contribution in [2.24, 2.45) is 0 Å². The van der Waals surface area contributed by atoms with Crippen LogP contribution in [0.15, 0.2) is 0 Å². The minimum Gasteiger partial charge on any atom is -0.386 e. The smallest absolute Gasteiger partial charge is 0.386 e. The zero-order valence-electron chi connectivity index (χ0n) is 5.68. The molecule has 0 bridgehead atoms. The number of hydrogen-bond acceptors (Lipinski definition) is 3. The van der Waals surface area contributed by atoms with E-state index in [-0.39, 0.29) is 6.42 Å². The Morgan fingerprint density at radius 2 is 2.18 bits per heavy atom. The third-order valence-corrected chi connectivity index (χ3v) is 1.15. The van der Waals surface area contributed by atoms with Gasteiger partial charge in [0.05, 0.1) is 0 Å². The molecule has 0 amide bonds. The summed E-state index contributed by atoms with van der Waals surface area (Å²) in [6.45, 7) is 1.23. The SMILES string of the molecule is CCC(O)C(F)(F)C(=O)OF. The molecule has 0 aromatic heterocycles. The Hall–Kier alpha value is -0.780. The average Bonchev–Trinajstić information content (AvgIpc) is 2.01. The number of aliphatic hydroxyl groups is 1. The average molecular weight is 172 g/mol. The van der Waals surface area contributed by atoms with Crippen LogP contribution in [0.2, 0.25) is 0 Å². The van der Waals surface area contributed by atoms with Crippen molar-refractivity contribution in [3.05, 3.63) is 0 Å². The number of alkyl halides is 2. The van der Waals surface area contributed by atoms with Gasteiger partial charge >= 0.3 is 11.9 Å². The first-order chi connectivity index (χ1) is 4.96. The Morgan fingerprint density at radius 1 is 1.73 bits per heavy atom. The van der Waals surface area contributed by atoms with Crippen molar-refractivity contribution in [3.8, 4) is 0 Å². The number of rotatable bonds is 3. The molecule has 0 aliphatic carbocycles. The molecule has 0 saturated carbocycles. The molecule has 1 N–H and O–H groups in total. The molecular formula is C5H7F3O3. The fraction of sp³-hybridized carbons (Fsp3) is 0.800. The first-order valence-electron chi connectivity index (χ1n) is 2.85. The second-order valence-electron chi connectivity index (χ2n) is 1.91. The lowest BCUT2D eigenvalue weighted by Crippen LogP contribution is -2.41. The van der Waals surface area contributed by atoms with E-state index in [1.165, 1.54) is 6.92 Å². The molecule has 1 unspecified atom stereocenters. The Morgan fingerprint density at radius 3 is 2.45 bits per heavy atom. The zero-order valence-corrected chi connectivity index (χ0v) is 5.68. The molecule has 0 aromatic rings. The molecule has 0 aromatic carbocycles. The van der Waals surface area contributed by atoms with Gasteiger partial charge in [0.25, 0.3) is 0 Å². The van der Waals surface area contributed by atoms with Gasteiger partial charge < -0.3 is 5.11 Å². The topological polar surface area (TPSA) is 46.5 Å². The lowest BCUT2D eigenvalue weighted by atomic mass is 10.1. The zero-order chi connectivity index (χ0) is 9.07. The van der Waals surface area contributed by atoms with Crippen molar-refractivity contribution in [2.45, 2.75) is 25.4 Å². The van der Waals surface area contributed by atoms with Crippen LogP contribution in [-0.4, -0.2) is 23.1 Å². The maximum absolute atomic E-state index is 12.2. The Balaban J connectivity index is 4.31. The summed E-state index contributed by atoms with van der Waals surface area (Å²) in [5.41, 5.74) is 0. The summed E-state index contributed by atoms with van der Waals surface area (Å²) in [4.78, 5) is 12.2. The molecule has 0 aliphatic heterocycles. The molecule has 0 aliphatic rings. The number of halogens is 3. The number of carbonyl (C=O) groups is 1. The van der Waals surface area contributed by atoms with Crippen LogP contribution in [0.1, 0.15) is 13.3 Å². The first-order valence-corrected chi connectivity index (χ1v) is 2.85. The van der Waals surface area contributed by atoms with Gasteiger partial charge in [0.1, 0.15) is 6.10 Å². The van der Waals surface area contributed by atoms with Crippen LogP contribution in [0.4, 0.5) is 13.3 Å². The van der Waals surface area contributed by atoms with Crippen molar-refractivity contribution < 1.29 is 28.1 Å². The predicted octanol–water partition coefficient (Wildman–Crippen LogP) is 0.820. The lowest BCUT2D eigenvalue weighted by molar-refractivity contribution is -0.224. The van der Waals surface area contributed by atoms with E-state index < -0.39 is 18.0 Å². The van der Waals surface area contributed by atoms with Gasteiger partial charge in [0.15, 0.2) is 0 Å². The fourth-order valence-electron chi connectivity index (χ4n) is 0.444. The molecule has 11 heavy (non-hydrogen) atoms. The van der Waals surface area contributed by atoms with Crippen LogP contribution in [0.5, 0.6) is 0 Å². The first kappa shape index (κ1) is 10.2. The van der Waals surface area contributed by atoms with Crippen LogP contribution in [0.25, 0.3) is 0 Å². The van der Waals surface area contributed by atoms with Crippen molar-refractivity contribution >= 4 is 5.97 Å². The molecule has 0 saturated heterocycles. The molecule has 0 fully saturated rings. The molecule has 0 radical (unpaired) electrons. The molecule has 0 spiro atoms. The largest absolute Gasteiger partial charge is 0.420 e. The van der Waals surface area contributed by atoms with Gasteiger partial charge in [-0.1, -0.05) is 6.92 Å².